The lowest BCUT2D eigenvalue weighted by Crippen LogP contribution is -2.56. The molecule has 3 aliphatic rings. The molecule has 2 aliphatic carbocycles. The Morgan fingerprint density at radius 1 is 1.18 bits per heavy atom. The molecule has 0 aromatic heterocycles. The van der Waals surface area contributed by atoms with Gasteiger partial charge >= 0.3 is 0 Å². The highest BCUT2D eigenvalue weighted by molar-refractivity contribution is 5.04. The van der Waals surface area contributed by atoms with Gasteiger partial charge in [-0.3, -0.25) is 0 Å². The molecular weight excluding hydrogens is 215 g/mol. The van der Waals surface area contributed by atoms with Crippen molar-refractivity contribution in [3.63, 3.8) is 0 Å². The minimum absolute atomic E-state index is 0.0955. The Hall–Kier alpha value is -0.110. The fraction of sp³-hybridized carbons (Fsp3) is 1.00. The second kappa shape index (κ2) is 3.94. The highest BCUT2D eigenvalue weighted by Gasteiger charge is 2.55. The van der Waals surface area contributed by atoms with Crippen molar-refractivity contribution >= 4 is 0 Å². The predicted molar refractivity (Wildman–Crippen MR) is 66.7 cm³/mol. The topological polar surface area (TPSA) is 9.23 Å². The van der Waals surface area contributed by atoms with E-state index in [1.165, 1.54) is 19.3 Å². The molecule has 2 heteroatoms. The molecule has 17 heavy (non-hydrogen) atoms. The third kappa shape index (κ3) is 2.03. The van der Waals surface area contributed by atoms with Crippen LogP contribution in [0.4, 0.5) is 4.39 Å². The summed E-state index contributed by atoms with van der Waals surface area (Å²) in [5, 5.41) is 0. The molecule has 0 aromatic carbocycles. The lowest BCUT2D eigenvalue weighted by molar-refractivity contribution is -0.217. The van der Waals surface area contributed by atoms with E-state index in [0.717, 1.165) is 25.7 Å². The van der Waals surface area contributed by atoms with Gasteiger partial charge in [-0.15, -0.1) is 0 Å². The van der Waals surface area contributed by atoms with Gasteiger partial charge in [0.1, 0.15) is 5.67 Å². The first-order valence-corrected chi connectivity index (χ1v) is 7.38. The average Bonchev–Trinajstić information content (AvgIpc) is 2.63. The lowest BCUT2D eigenvalue weighted by atomic mass is 9.67. The van der Waals surface area contributed by atoms with Crippen molar-refractivity contribution in [2.45, 2.75) is 82.6 Å². The van der Waals surface area contributed by atoms with Gasteiger partial charge in [-0.05, 0) is 38.5 Å². The Kier molecular flexibility index (Phi) is 2.77. The first kappa shape index (κ1) is 12.0. The van der Waals surface area contributed by atoms with Gasteiger partial charge in [0.05, 0.1) is 11.7 Å². The number of fused-ring (bicyclic) bond motifs is 1. The number of alkyl halides is 1. The van der Waals surface area contributed by atoms with Crippen molar-refractivity contribution in [1.29, 1.82) is 0 Å². The summed E-state index contributed by atoms with van der Waals surface area (Å²) in [6.07, 6.45) is 8.74. The van der Waals surface area contributed by atoms with E-state index in [1.54, 1.807) is 0 Å². The molecule has 3 fully saturated rings. The standard InChI is InChI=1S/C15H25FO/c1-11-5-6-12-13(9-11)17-15(7-3-4-8-15)10-14(12,2)16/h11-13H,3-10H2,1-2H3/t11-,12-,13-,14+/m1/s1. The van der Waals surface area contributed by atoms with Gasteiger partial charge in [0.15, 0.2) is 0 Å². The van der Waals surface area contributed by atoms with Gasteiger partial charge in [-0.25, -0.2) is 4.39 Å². The predicted octanol–water partition coefficient (Wildman–Crippen LogP) is 4.25. The molecule has 3 rings (SSSR count). The quantitative estimate of drug-likeness (QED) is 0.615. The molecule has 0 amide bonds. The van der Waals surface area contributed by atoms with Crippen LogP contribution in [0, 0.1) is 11.8 Å². The van der Waals surface area contributed by atoms with E-state index in [0.29, 0.717) is 12.3 Å². The Labute approximate surface area is 104 Å². The van der Waals surface area contributed by atoms with Crippen molar-refractivity contribution in [3.8, 4) is 0 Å². The summed E-state index contributed by atoms with van der Waals surface area (Å²) >= 11 is 0. The Bertz CT molecular complexity index is 293. The van der Waals surface area contributed by atoms with Crippen LogP contribution in [0.25, 0.3) is 0 Å². The maximum absolute atomic E-state index is 15.0. The fourth-order valence-corrected chi connectivity index (χ4v) is 4.59. The zero-order chi connectivity index (χ0) is 12.1. The summed E-state index contributed by atoms with van der Waals surface area (Å²) in [6, 6.07) is 0. The first-order valence-electron chi connectivity index (χ1n) is 7.38. The van der Waals surface area contributed by atoms with Crippen LogP contribution in [0.5, 0.6) is 0 Å². The minimum Gasteiger partial charge on any atom is -0.371 e. The highest BCUT2D eigenvalue weighted by Crippen LogP contribution is 2.53. The molecule has 0 N–H and O–H groups in total. The van der Waals surface area contributed by atoms with Gasteiger partial charge < -0.3 is 4.74 Å². The van der Waals surface area contributed by atoms with Gasteiger partial charge in [0, 0.05) is 12.3 Å². The molecule has 1 aliphatic heterocycles. The maximum atomic E-state index is 15.0. The number of hydrogen-bond donors (Lipinski definition) is 0. The van der Waals surface area contributed by atoms with E-state index in [1.807, 2.05) is 6.92 Å². The molecule has 4 atom stereocenters. The summed E-state index contributed by atoms with van der Waals surface area (Å²) in [7, 11) is 0. The summed E-state index contributed by atoms with van der Waals surface area (Å²) in [4.78, 5) is 0. The van der Waals surface area contributed by atoms with Crippen LogP contribution in [0.3, 0.4) is 0 Å². The zero-order valence-corrected chi connectivity index (χ0v) is 11.2. The van der Waals surface area contributed by atoms with Gasteiger partial charge in [0.25, 0.3) is 0 Å². The van der Waals surface area contributed by atoms with Crippen LogP contribution < -0.4 is 0 Å². The Morgan fingerprint density at radius 3 is 2.59 bits per heavy atom. The number of hydrogen-bond acceptors (Lipinski definition) is 1. The molecule has 1 saturated heterocycles. The van der Waals surface area contributed by atoms with Crippen molar-refractivity contribution in [2.75, 3.05) is 0 Å². The van der Waals surface area contributed by atoms with E-state index >= 15 is 0 Å². The van der Waals surface area contributed by atoms with Crippen molar-refractivity contribution in [1.82, 2.24) is 0 Å². The molecule has 1 heterocycles. The molecule has 0 radical (unpaired) electrons. The SMILES string of the molecule is C[C@@H]1CC[C@@H]2[C@@H](C1)OC1(CCCC1)C[C@]2(C)F. The maximum Gasteiger partial charge on any atom is 0.116 e. The van der Waals surface area contributed by atoms with Crippen molar-refractivity contribution in [3.05, 3.63) is 0 Å². The molecule has 0 bridgehead atoms. The molecule has 98 valence electrons. The van der Waals surface area contributed by atoms with Gasteiger partial charge in [-0.2, -0.15) is 0 Å². The molecule has 0 unspecified atom stereocenters. The molecule has 1 spiro atoms. The minimum atomic E-state index is -0.993. The van der Waals surface area contributed by atoms with E-state index in [2.05, 4.69) is 6.92 Å². The second-order valence-corrected chi connectivity index (χ2v) is 7.03. The second-order valence-electron chi connectivity index (χ2n) is 7.03. The van der Waals surface area contributed by atoms with E-state index < -0.39 is 5.67 Å². The normalized spacial score (nSPS) is 49.2. The summed E-state index contributed by atoms with van der Waals surface area (Å²) in [5.74, 6) is 0.869. The van der Waals surface area contributed by atoms with Crippen molar-refractivity contribution in [2.24, 2.45) is 11.8 Å². The molecule has 1 nitrogen and oxygen atoms in total. The third-order valence-corrected chi connectivity index (χ3v) is 5.41. The summed E-state index contributed by atoms with van der Waals surface area (Å²) in [5.41, 5.74) is -1.09. The van der Waals surface area contributed by atoms with Crippen LogP contribution in [0.15, 0.2) is 0 Å². The fourth-order valence-electron chi connectivity index (χ4n) is 4.59. The van der Waals surface area contributed by atoms with E-state index in [4.69, 9.17) is 4.74 Å². The number of halogens is 1. The summed E-state index contributed by atoms with van der Waals surface area (Å²) < 4.78 is 21.4. The van der Waals surface area contributed by atoms with Crippen LogP contribution in [-0.4, -0.2) is 17.4 Å². The van der Waals surface area contributed by atoms with E-state index in [-0.39, 0.29) is 17.6 Å². The number of ether oxygens (including phenoxy) is 1. The van der Waals surface area contributed by atoms with E-state index in [9.17, 15) is 4.39 Å². The molecule has 2 saturated carbocycles. The Morgan fingerprint density at radius 2 is 1.88 bits per heavy atom. The van der Waals surface area contributed by atoms with Crippen LogP contribution in [0.1, 0.15) is 65.2 Å². The zero-order valence-electron chi connectivity index (χ0n) is 11.2. The van der Waals surface area contributed by atoms with Gasteiger partial charge in [-0.1, -0.05) is 26.2 Å². The van der Waals surface area contributed by atoms with Crippen LogP contribution in [-0.2, 0) is 4.74 Å². The molecular formula is C15H25FO. The largest absolute Gasteiger partial charge is 0.371 e. The monoisotopic (exact) mass is 240 g/mol. The summed E-state index contributed by atoms with van der Waals surface area (Å²) in [6.45, 7) is 4.12. The average molecular weight is 240 g/mol. The van der Waals surface area contributed by atoms with Gasteiger partial charge in [0.2, 0.25) is 0 Å². The smallest absolute Gasteiger partial charge is 0.116 e. The highest BCUT2D eigenvalue weighted by atomic mass is 19.1. The first-order chi connectivity index (χ1) is 8.01. The Balaban J connectivity index is 1.83. The van der Waals surface area contributed by atoms with Crippen molar-refractivity contribution < 1.29 is 9.13 Å². The van der Waals surface area contributed by atoms with Crippen LogP contribution in [0.2, 0.25) is 0 Å². The molecule has 0 aromatic rings. The van der Waals surface area contributed by atoms with Crippen LogP contribution >= 0.6 is 0 Å². The number of rotatable bonds is 0. The lowest BCUT2D eigenvalue weighted by Gasteiger charge is -2.52. The third-order valence-electron chi connectivity index (χ3n) is 5.41.